The molecule has 0 aliphatic carbocycles. The molecule has 2 aromatic rings. The SMILES string of the molecule is Cc1cc(C(=O)CC2CCC(=O)NC2=O)n(-c2ccccc2)n1. The normalized spacial score (nSPS) is 17.9. The Morgan fingerprint density at radius 2 is 2.04 bits per heavy atom. The van der Waals surface area contributed by atoms with E-state index in [9.17, 15) is 14.4 Å². The van der Waals surface area contributed by atoms with E-state index in [1.807, 2.05) is 37.3 Å². The Bertz CT molecular complexity index is 765. The third kappa shape index (κ3) is 3.21. The zero-order chi connectivity index (χ0) is 16.4. The second kappa shape index (κ2) is 6.16. The highest BCUT2D eigenvalue weighted by molar-refractivity contribution is 6.02. The van der Waals surface area contributed by atoms with Gasteiger partial charge in [0, 0.05) is 18.8 Å². The summed E-state index contributed by atoms with van der Waals surface area (Å²) in [4.78, 5) is 35.6. The molecule has 3 rings (SSSR count). The average Bonchev–Trinajstić information content (AvgIpc) is 2.93. The van der Waals surface area contributed by atoms with Crippen LogP contribution in [-0.2, 0) is 9.59 Å². The van der Waals surface area contributed by atoms with Crippen LogP contribution in [0.25, 0.3) is 5.69 Å². The molecule has 2 amide bonds. The van der Waals surface area contributed by atoms with Crippen molar-refractivity contribution in [1.29, 1.82) is 0 Å². The fourth-order valence-electron chi connectivity index (χ4n) is 2.73. The first-order valence-corrected chi connectivity index (χ1v) is 7.53. The molecule has 1 aromatic carbocycles. The molecule has 1 aliphatic rings. The van der Waals surface area contributed by atoms with Gasteiger partial charge in [-0.15, -0.1) is 0 Å². The second-order valence-electron chi connectivity index (χ2n) is 5.69. The number of piperidine rings is 1. The smallest absolute Gasteiger partial charge is 0.230 e. The molecule has 1 fully saturated rings. The van der Waals surface area contributed by atoms with Crippen LogP contribution in [0.4, 0.5) is 0 Å². The van der Waals surface area contributed by atoms with Gasteiger partial charge in [-0.2, -0.15) is 5.10 Å². The minimum atomic E-state index is -0.459. The summed E-state index contributed by atoms with van der Waals surface area (Å²) in [5.41, 5.74) is 1.99. The van der Waals surface area contributed by atoms with Gasteiger partial charge in [-0.3, -0.25) is 19.7 Å². The van der Waals surface area contributed by atoms with E-state index >= 15 is 0 Å². The van der Waals surface area contributed by atoms with E-state index in [-0.39, 0.29) is 30.4 Å². The van der Waals surface area contributed by atoms with Gasteiger partial charge < -0.3 is 0 Å². The first-order chi connectivity index (χ1) is 11.0. The van der Waals surface area contributed by atoms with Crippen LogP contribution in [0.5, 0.6) is 0 Å². The van der Waals surface area contributed by atoms with Gasteiger partial charge >= 0.3 is 0 Å². The number of nitrogens with one attached hydrogen (secondary N) is 1. The number of hydrogen-bond donors (Lipinski definition) is 1. The first-order valence-electron chi connectivity index (χ1n) is 7.53. The number of nitrogens with zero attached hydrogens (tertiary/aromatic N) is 2. The molecule has 1 saturated heterocycles. The van der Waals surface area contributed by atoms with E-state index in [4.69, 9.17) is 0 Å². The topological polar surface area (TPSA) is 81.1 Å². The van der Waals surface area contributed by atoms with E-state index in [1.165, 1.54) is 0 Å². The van der Waals surface area contributed by atoms with Gasteiger partial charge in [0.2, 0.25) is 11.8 Å². The van der Waals surface area contributed by atoms with Crippen LogP contribution in [-0.4, -0.2) is 27.4 Å². The van der Waals surface area contributed by atoms with Crippen molar-refractivity contribution in [3.05, 3.63) is 47.8 Å². The lowest BCUT2D eigenvalue weighted by Gasteiger charge is -2.20. The molecule has 23 heavy (non-hydrogen) atoms. The van der Waals surface area contributed by atoms with Crippen LogP contribution in [0.3, 0.4) is 0 Å². The third-order valence-corrected chi connectivity index (χ3v) is 3.90. The number of rotatable bonds is 4. The highest BCUT2D eigenvalue weighted by Gasteiger charge is 2.29. The summed E-state index contributed by atoms with van der Waals surface area (Å²) in [6, 6.07) is 11.1. The second-order valence-corrected chi connectivity index (χ2v) is 5.69. The molecule has 0 saturated carbocycles. The number of carbonyl (C=O) groups excluding carboxylic acids is 3. The van der Waals surface area contributed by atoms with Gasteiger partial charge in [-0.1, -0.05) is 18.2 Å². The summed E-state index contributed by atoms with van der Waals surface area (Å²) in [5.74, 6) is -1.25. The highest BCUT2D eigenvalue weighted by Crippen LogP contribution is 2.21. The van der Waals surface area contributed by atoms with Crippen molar-refractivity contribution in [1.82, 2.24) is 15.1 Å². The number of amides is 2. The number of ketones is 1. The summed E-state index contributed by atoms with van der Waals surface area (Å²) < 4.78 is 1.60. The summed E-state index contributed by atoms with van der Waals surface area (Å²) in [6.07, 6.45) is 0.770. The fourth-order valence-corrected chi connectivity index (χ4v) is 2.73. The Morgan fingerprint density at radius 3 is 2.74 bits per heavy atom. The predicted molar refractivity (Wildman–Crippen MR) is 83.1 cm³/mol. The van der Waals surface area contributed by atoms with Crippen molar-refractivity contribution in [2.45, 2.75) is 26.2 Å². The Balaban J connectivity index is 1.83. The lowest BCUT2D eigenvalue weighted by Crippen LogP contribution is -2.41. The van der Waals surface area contributed by atoms with Gasteiger partial charge in [0.15, 0.2) is 5.78 Å². The Labute approximate surface area is 133 Å². The lowest BCUT2D eigenvalue weighted by atomic mass is 9.92. The van der Waals surface area contributed by atoms with Crippen molar-refractivity contribution < 1.29 is 14.4 Å². The first kappa shape index (κ1) is 15.1. The maximum absolute atomic E-state index is 12.6. The molecule has 1 N–H and O–H groups in total. The summed E-state index contributed by atoms with van der Waals surface area (Å²) in [5, 5.41) is 6.65. The molecule has 2 heterocycles. The standard InChI is InChI=1S/C17H17N3O3/c1-11-9-14(20(19-11)13-5-3-2-4-6-13)15(21)10-12-7-8-16(22)18-17(12)23/h2-6,9,12H,7-8,10H2,1H3,(H,18,22,23). The maximum atomic E-state index is 12.6. The number of benzene rings is 1. The van der Waals surface area contributed by atoms with Gasteiger partial charge in [0.1, 0.15) is 5.69 Å². The molecule has 1 unspecified atom stereocenters. The quantitative estimate of drug-likeness (QED) is 0.689. The van der Waals surface area contributed by atoms with Crippen molar-refractivity contribution in [3.8, 4) is 5.69 Å². The van der Waals surface area contributed by atoms with Crippen LogP contribution in [0, 0.1) is 12.8 Å². The van der Waals surface area contributed by atoms with Crippen molar-refractivity contribution >= 4 is 17.6 Å². The van der Waals surface area contributed by atoms with Gasteiger partial charge in [0.25, 0.3) is 0 Å². The van der Waals surface area contributed by atoms with E-state index in [2.05, 4.69) is 10.4 Å². The summed E-state index contributed by atoms with van der Waals surface area (Å²) >= 11 is 0. The number of aryl methyl sites for hydroxylation is 1. The van der Waals surface area contributed by atoms with Crippen LogP contribution in [0.15, 0.2) is 36.4 Å². The molecular weight excluding hydrogens is 294 g/mol. The minimum absolute atomic E-state index is 0.0804. The molecule has 0 bridgehead atoms. The summed E-state index contributed by atoms with van der Waals surface area (Å²) in [6.45, 7) is 1.82. The molecule has 6 heteroatoms. The Morgan fingerprint density at radius 1 is 1.30 bits per heavy atom. The maximum Gasteiger partial charge on any atom is 0.230 e. The molecule has 1 atom stereocenters. The van der Waals surface area contributed by atoms with Gasteiger partial charge in [-0.05, 0) is 31.5 Å². The monoisotopic (exact) mass is 311 g/mol. The molecule has 0 spiro atoms. The van der Waals surface area contributed by atoms with E-state index in [0.29, 0.717) is 12.1 Å². The van der Waals surface area contributed by atoms with Gasteiger partial charge in [0.05, 0.1) is 11.4 Å². The molecule has 1 aliphatic heterocycles. The third-order valence-electron chi connectivity index (χ3n) is 3.90. The van der Waals surface area contributed by atoms with Crippen LogP contribution in [0.2, 0.25) is 0 Å². The van der Waals surface area contributed by atoms with Crippen LogP contribution >= 0.6 is 0 Å². The van der Waals surface area contributed by atoms with Crippen molar-refractivity contribution in [2.75, 3.05) is 0 Å². The number of Topliss-reactive ketones (excluding diaryl/α,β-unsaturated/α-hetero) is 1. The zero-order valence-corrected chi connectivity index (χ0v) is 12.8. The molecular formula is C17H17N3O3. The molecule has 1 aromatic heterocycles. The van der Waals surface area contributed by atoms with E-state index in [1.54, 1.807) is 10.7 Å². The van der Waals surface area contributed by atoms with E-state index in [0.717, 1.165) is 11.4 Å². The van der Waals surface area contributed by atoms with Gasteiger partial charge in [-0.25, -0.2) is 4.68 Å². The van der Waals surface area contributed by atoms with Crippen molar-refractivity contribution in [3.63, 3.8) is 0 Å². The van der Waals surface area contributed by atoms with E-state index < -0.39 is 5.92 Å². The number of para-hydroxylation sites is 1. The predicted octanol–water partition coefficient (Wildman–Crippen LogP) is 1.81. The number of hydrogen-bond acceptors (Lipinski definition) is 4. The highest BCUT2D eigenvalue weighted by atomic mass is 16.2. The Kier molecular flexibility index (Phi) is 4.06. The largest absolute Gasteiger partial charge is 0.296 e. The molecule has 6 nitrogen and oxygen atoms in total. The zero-order valence-electron chi connectivity index (χ0n) is 12.8. The fraction of sp³-hybridized carbons (Fsp3) is 0.294. The minimum Gasteiger partial charge on any atom is -0.296 e. The Hall–Kier alpha value is -2.76. The van der Waals surface area contributed by atoms with Crippen molar-refractivity contribution in [2.24, 2.45) is 5.92 Å². The number of carbonyl (C=O) groups is 3. The van der Waals surface area contributed by atoms with Crippen LogP contribution in [0.1, 0.15) is 35.4 Å². The average molecular weight is 311 g/mol. The summed E-state index contributed by atoms with van der Waals surface area (Å²) in [7, 11) is 0. The van der Waals surface area contributed by atoms with Crippen LogP contribution < -0.4 is 5.32 Å². The molecule has 118 valence electrons. The lowest BCUT2D eigenvalue weighted by molar-refractivity contribution is -0.136. The number of aromatic nitrogens is 2. The number of imide groups is 1. The molecule has 0 radical (unpaired) electrons.